The lowest BCUT2D eigenvalue weighted by Gasteiger charge is -2.53. The normalized spacial score (nSPS) is 25.8. The smallest absolute Gasteiger partial charge is 0.274 e. The molecule has 37 heavy (non-hydrogen) atoms. The molecule has 2 aromatic heterocycles. The number of hydrogen-bond donors (Lipinski definition) is 3. The molecule has 2 aromatic carbocycles. The van der Waals surface area contributed by atoms with E-state index in [0.29, 0.717) is 23.2 Å². The summed E-state index contributed by atoms with van der Waals surface area (Å²) in [6.07, 6.45) is 9.97. The first-order chi connectivity index (χ1) is 18.1. The van der Waals surface area contributed by atoms with Crippen LogP contribution < -0.4 is 10.6 Å². The lowest BCUT2D eigenvalue weighted by Crippen LogP contribution is -2.49. The number of rotatable bonds is 5. The van der Waals surface area contributed by atoms with Crippen LogP contribution in [0.15, 0.2) is 73.1 Å². The Kier molecular flexibility index (Phi) is 5.34. The fourth-order valence-electron chi connectivity index (χ4n) is 7.44. The molecule has 8 rings (SSSR count). The molecular formula is C31H30N4O2. The fraction of sp³-hybridized carbons (Fsp3) is 0.323. The molecule has 4 aromatic rings. The molecular weight excluding hydrogens is 460 g/mol. The summed E-state index contributed by atoms with van der Waals surface area (Å²) in [4.78, 5) is 33.3. The number of H-pyrrole nitrogens is 1. The first-order valence-corrected chi connectivity index (χ1v) is 13.4. The van der Waals surface area contributed by atoms with Crippen molar-refractivity contribution in [2.24, 2.45) is 29.6 Å². The van der Waals surface area contributed by atoms with Crippen LogP contribution in [0.25, 0.3) is 22.0 Å². The molecule has 0 atom stereocenters. The van der Waals surface area contributed by atoms with Crippen LogP contribution in [0, 0.1) is 29.6 Å². The molecule has 4 bridgehead atoms. The van der Waals surface area contributed by atoms with E-state index >= 15 is 0 Å². The van der Waals surface area contributed by atoms with Crippen molar-refractivity contribution < 1.29 is 9.59 Å². The summed E-state index contributed by atoms with van der Waals surface area (Å²) >= 11 is 0. The number of amides is 2. The van der Waals surface area contributed by atoms with Gasteiger partial charge >= 0.3 is 0 Å². The number of carbonyl (C=O) groups is 2. The van der Waals surface area contributed by atoms with Gasteiger partial charge < -0.3 is 15.6 Å². The van der Waals surface area contributed by atoms with Gasteiger partial charge in [0.2, 0.25) is 5.91 Å². The number of nitrogens with one attached hydrogen (secondary N) is 3. The lowest BCUT2D eigenvalue weighted by molar-refractivity contribution is -0.132. The van der Waals surface area contributed by atoms with E-state index in [1.807, 2.05) is 48.7 Å². The van der Waals surface area contributed by atoms with Gasteiger partial charge in [0.25, 0.3) is 5.91 Å². The third-order valence-electron chi connectivity index (χ3n) is 8.83. The Hall–Kier alpha value is -3.93. The molecule has 2 amide bonds. The van der Waals surface area contributed by atoms with Crippen LogP contribution >= 0.6 is 0 Å². The maximum atomic E-state index is 13.3. The zero-order valence-corrected chi connectivity index (χ0v) is 20.6. The molecule has 0 saturated heterocycles. The first-order valence-electron chi connectivity index (χ1n) is 13.4. The Morgan fingerprint density at radius 1 is 0.811 bits per heavy atom. The molecule has 0 aliphatic heterocycles. The highest BCUT2D eigenvalue weighted by atomic mass is 16.2. The van der Waals surface area contributed by atoms with Gasteiger partial charge in [0.05, 0.1) is 0 Å². The van der Waals surface area contributed by atoms with Crippen molar-refractivity contribution in [3.63, 3.8) is 0 Å². The van der Waals surface area contributed by atoms with E-state index in [4.69, 9.17) is 0 Å². The average Bonchev–Trinajstić information content (AvgIpc) is 3.32. The molecule has 0 spiro atoms. The number of aromatic nitrogens is 2. The predicted molar refractivity (Wildman–Crippen MR) is 145 cm³/mol. The first kappa shape index (κ1) is 22.3. The SMILES string of the molecule is O=C(Nc1ccc2[nH]cc(-c3ccc(NC(=O)C4C5CC6CC(C5)CC4C6)cc3)c2c1)c1ccccn1. The highest BCUT2D eigenvalue weighted by Gasteiger charge is 2.50. The Morgan fingerprint density at radius 3 is 2.24 bits per heavy atom. The van der Waals surface area contributed by atoms with Gasteiger partial charge in [-0.3, -0.25) is 14.6 Å². The Bertz CT molecular complexity index is 1450. The highest BCUT2D eigenvalue weighted by molar-refractivity contribution is 6.05. The van der Waals surface area contributed by atoms with Crippen LogP contribution in [0.5, 0.6) is 0 Å². The minimum absolute atomic E-state index is 0.181. The van der Waals surface area contributed by atoms with Gasteiger partial charge in [-0.25, -0.2) is 0 Å². The summed E-state index contributed by atoms with van der Waals surface area (Å²) in [6.45, 7) is 0. The summed E-state index contributed by atoms with van der Waals surface area (Å²) in [7, 11) is 0. The Labute approximate surface area is 215 Å². The quantitative estimate of drug-likeness (QED) is 0.299. The molecule has 0 radical (unpaired) electrons. The third kappa shape index (κ3) is 4.10. The van der Waals surface area contributed by atoms with E-state index in [0.717, 1.165) is 39.6 Å². The molecule has 4 fully saturated rings. The number of benzene rings is 2. The van der Waals surface area contributed by atoms with Gasteiger partial charge in [0.1, 0.15) is 5.69 Å². The molecule has 4 aliphatic rings. The molecule has 4 saturated carbocycles. The largest absolute Gasteiger partial charge is 0.361 e. The molecule has 6 nitrogen and oxygen atoms in total. The molecule has 0 unspecified atom stereocenters. The van der Waals surface area contributed by atoms with E-state index < -0.39 is 0 Å². The van der Waals surface area contributed by atoms with Gasteiger partial charge in [-0.05, 0) is 104 Å². The molecule has 186 valence electrons. The van der Waals surface area contributed by atoms with Crippen molar-refractivity contribution in [2.75, 3.05) is 10.6 Å². The summed E-state index contributed by atoms with van der Waals surface area (Å²) < 4.78 is 0. The monoisotopic (exact) mass is 490 g/mol. The van der Waals surface area contributed by atoms with Crippen LogP contribution in [-0.4, -0.2) is 21.8 Å². The maximum Gasteiger partial charge on any atom is 0.274 e. The summed E-state index contributed by atoms with van der Waals surface area (Å²) in [5, 5.41) is 7.18. The van der Waals surface area contributed by atoms with Crippen molar-refractivity contribution in [1.29, 1.82) is 0 Å². The number of fused-ring (bicyclic) bond motifs is 1. The van der Waals surface area contributed by atoms with Gasteiger partial charge in [-0.15, -0.1) is 0 Å². The fourth-order valence-corrected chi connectivity index (χ4v) is 7.44. The Balaban J connectivity index is 1.08. The van der Waals surface area contributed by atoms with E-state index in [9.17, 15) is 9.59 Å². The van der Waals surface area contributed by atoms with E-state index in [2.05, 4.69) is 20.6 Å². The van der Waals surface area contributed by atoms with Crippen molar-refractivity contribution in [1.82, 2.24) is 9.97 Å². The third-order valence-corrected chi connectivity index (χ3v) is 8.83. The van der Waals surface area contributed by atoms with Crippen molar-refractivity contribution >= 4 is 34.1 Å². The lowest BCUT2D eigenvalue weighted by atomic mass is 9.51. The molecule has 4 aliphatic carbocycles. The number of aromatic amines is 1. The number of hydrogen-bond acceptors (Lipinski definition) is 3. The molecule has 6 heteroatoms. The number of carbonyl (C=O) groups excluding carboxylic acids is 2. The van der Waals surface area contributed by atoms with Crippen molar-refractivity contribution in [3.8, 4) is 11.1 Å². The van der Waals surface area contributed by atoms with Gasteiger partial charge in [-0.1, -0.05) is 18.2 Å². The number of anilines is 2. The van der Waals surface area contributed by atoms with Crippen LogP contribution in [0.4, 0.5) is 11.4 Å². The van der Waals surface area contributed by atoms with Crippen LogP contribution in [0.2, 0.25) is 0 Å². The molecule has 2 heterocycles. The highest BCUT2D eigenvalue weighted by Crippen LogP contribution is 2.56. The van der Waals surface area contributed by atoms with E-state index in [1.54, 1.807) is 24.4 Å². The average molecular weight is 491 g/mol. The maximum absolute atomic E-state index is 13.3. The minimum Gasteiger partial charge on any atom is -0.361 e. The predicted octanol–water partition coefficient (Wildman–Crippen LogP) is 6.49. The second kappa shape index (κ2) is 8.87. The number of nitrogens with zero attached hydrogens (tertiary/aromatic N) is 1. The van der Waals surface area contributed by atoms with Gasteiger partial charge in [0.15, 0.2) is 0 Å². The van der Waals surface area contributed by atoms with Crippen LogP contribution in [-0.2, 0) is 4.79 Å². The van der Waals surface area contributed by atoms with Crippen LogP contribution in [0.3, 0.4) is 0 Å². The zero-order valence-electron chi connectivity index (χ0n) is 20.6. The van der Waals surface area contributed by atoms with Crippen molar-refractivity contribution in [3.05, 3.63) is 78.8 Å². The van der Waals surface area contributed by atoms with Gasteiger partial charge in [-0.2, -0.15) is 0 Å². The summed E-state index contributed by atoms with van der Waals surface area (Å²) in [6, 6.07) is 19.2. The zero-order chi connectivity index (χ0) is 24.9. The summed E-state index contributed by atoms with van der Waals surface area (Å²) in [5.74, 6) is 3.04. The molecule has 3 N–H and O–H groups in total. The van der Waals surface area contributed by atoms with E-state index in [-0.39, 0.29) is 17.7 Å². The topological polar surface area (TPSA) is 86.9 Å². The van der Waals surface area contributed by atoms with Crippen LogP contribution in [0.1, 0.15) is 42.6 Å². The Morgan fingerprint density at radius 2 is 1.54 bits per heavy atom. The summed E-state index contributed by atoms with van der Waals surface area (Å²) in [5.41, 5.74) is 5.03. The van der Waals surface area contributed by atoms with Crippen molar-refractivity contribution in [2.45, 2.75) is 32.1 Å². The van der Waals surface area contributed by atoms with Gasteiger partial charge in [0, 0.05) is 46.2 Å². The van der Waals surface area contributed by atoms with E-state index in [1.165, 1.54) is 32.1 Å². The number of pyridine rings is 1. The minimum atomic E-state index is -0.240. The second-order valence-corrected chi connectivity index (χ2v) is 11.2. The second-order valence-electron chi connectivity index (χ2n) is 11.2. The standard InChI is InChI=1S/C31H30N4O2/c36-30(28-3-1-2-10-32-28)35-24-8-9-27-25(16-24)26(17-33-27)20-4-6-23(7-5-20)34-31(37)29-21-12-18-11-19(14-21)15-22(29)13-18/h1-10,16-19,21-22,29,33H,11-15H2,(H,34,37)(H,35,36).